The van der Waals surface area contributed by atoms with Crippen molar-refractivity contribution in [1.29, 1.82) is 0 Å². The zero-order valence-corrected chi connectivity index (χ0v) is 9.26. The molecule has 0 saturated heterocycles. The topological polar surface area (TPSA) is 82.0 Å². The van der Waals surface area contributed by atoms with Crippen LogP contribution < -0.4 is 0 Å². The lowest BCUT2D eigenvalue weighted by Gasteiger charge is -2.15. The number of hydrogen-bond donors (Lipinski definition) is 0. The van der Waals surface area contributed by atoms with E-state index < -0.39 is 18.2 Å². The smallest absolute Gasteiger partial charge is 0.333 e. The maximum Gasteiger partial charge on any atom is 0.333 e. The van der Waals surface area contributed by atoms with Crippen molar-refractivity contribution in [1.82, 2.24) is 0 Å². The standard InChI is InChI=1S/C11H13NO5/c1-3-9(14)16-11(17-10(15)4-2)6-5-7-12-8-13/h3-4,11H,1-2,5-7H2. The molecule has 0 heterocycles. The molecule has 0 aliphatic carbocycles. The van der Waals surface area contributed by atoms with Gasteiger partial charge >= 0.3 is 11.9 Å². The molecule has 0 aromatic heterocycles. The van der Waals surface area contributed by atoms with Crippen molar-refractivity contribution in [3.8, 4) is 0 Å². The number of carbonyl (C=O) groups is 2. The summed E-state index contributed by atoms with van der Waals surface area (Å²) in [7, 11) is 0. The van der Waals surface area contributed by atoms with Crippen LogP contribution in [-0.4, -0.2) is 30.9 Å². The van der Waals surface area contributed by atoms with Gasteiger partial charge in [-0.05, 0) is 6.42 Å². The van der Waals surface area contributed by atoms with Crippen LogP contribution in [0.2, 0.25) is 0 Å². The van der Waals surface area contributed by atoms with Crippen LogP contribution in [-0.2, 0) is 23.9 Å². The van der Waals surface area contributed by atoms with Crippen LogP contribution in [0.3, 0.4) is 0 Å². The van der Waals surface area contributed by atoms with Crippen LogP contribution in [0, 0.1) is 0 Å². The zero-order chi connectivity index (χ0) is 13.1. The lowest BCUT2D eigenvalue weighted by Crippen LogP contribution is -2.23. The van der Waals surface area contributed by atoms with Crippen LogP contribution >= 0.6 is 0 Å². The van der Waals surface area contributed by atoms with Crippen molar-refractivity contribution in [3.63, 3.8) is 0 Å². The Hall–Kier alpha value is -2.20. The molecule has 6 heteroatoms. The summed E-state index contributed by atoms with van der Waals surface area (Å²) in [5.41, 5.74) is 0. The van der Waals surface area contributed by atoms with Crippen LogP contribution in [0.25, 0.3) is 0 Å². The van der Waals surface area contributed by atoms with Gasteiger partial charge in [-0.3, -0.25) is 0 Å². The third-order valence-electron chi connectivity index (χ3n) is 1.60. The van der Waals surface area contributed by atoms with Gasteiger partial charge in [-0.15, -0.1) is 0 Å². The third kappa shape index (κ3) is 7.70. The Bertz CT molecular complexity index is 322. The lowest BCUT2D eigenvalue weighted by molar-refractivity contribution is -0.181. The fraction of sp³-hybridized carbons (Fsp3) is 0.364. The molecule has 0 rings (SSSR count). The Morgan fingerprint density at radius 3 is 2.18 bits per heavy atom. The number of rotatable bonds is 8. The molecule has 0 bridgehead atoms. The van der Waals surface area contributed by atoms with Crippen molar-refractivity contribution in [2.45, 2.75) is 19.1 Å². The molecule has 92 valence electrons. The monoisotopic (exact) mass is 239 g/mol. The predicted octanol–water partition coefficient (Wildman–Crippen LogP) is 0.887. The van der Waals surface area contributed by atoms with Crippen LogP contribution in [0.5, 0.6) is 0 Å². The Balaban J connectivity index is 4.22. The van der Waals surface area contributed by atoms with Gasteiger partial charge in [0.1, 0.15) is 0 Å². The molecule has 0 aliphatic rings. The quantitative estimate of drug-likeness (QED) is 0.157. The van der Waals surface area contributed by atoms with Gasteiger partial charge in [-0.1, -0.05) is 13.2 Å². The van der Waals surface area contributed by atoms with Gasteiger partial charge in [0.2, 0.25) is 12.4 Å². The summed E-state index contributed by atoms with van der Waals surface area (Å²) in [6.07, 6.45) is 2.89. The fourth-order valence-electron chi connectivity index (χ4n) is 0.880. The largest absolute Gasteiger partial charge is 0.422 e. The number of nitrogens with zero attached hydrogens (tertiary/aromatic N) is 1. The lowest BCUT2D eigenvalue weighted by atomic mass is 10.3. The minimum Gasteiger partial charge on any atom is -0.422 e. The number of aliphatic imine (C=N–C) groups is 1. The van der Waals surface area contributed by atoms with E-state index in [2.05, 4.69) is 18.2 Å². The van der Waals surface area contributed by atoms with E-state index in [1.807, 2.05) is 0 Å². The SMILES string of the molecule is C=CC(=O)OC(CCCN=C=O)OC(=O)C=C. The molecule has 17 heavy (non-hydrogen) atoms. The predicted molar refractivity (Wildman–Crippen MR) is 58.6 cm³/mol. The highest BCUT2D eigenvalue weighted by molar-refractivity contribution is 5.82. The second-order valence-electron chi connectivity index (χ2n) is 2.83. The van der Waals surface area contributed by atoms with Crippen molar-refractivity contribution in [3.05, 3.63) is 25.3 Å². The first-order valence-electron chi connectivity index (χ1n) is 4.83. The first-order chi connectivity index (χ1) is 8.13. The Labute approximate surface area is 98.6 Å². The van der Waals surface area contributed by atoms with Crippen LogP contribution in [0.4, 0.5) is 0 Å². The van der Waals surface area contributed by atoms with E-state index in [4.69, 9.17) is 9.47 Å². The molecule has 0 aromatic carbocycles. The van der Waals surface area contributed by atoms with Gasteiger partial charge in [0.15, 0.2) is 0 Å². The van der Waals surface area contributed by atoms with Gasteiger partial charge in [-0.25, -0.2) is 19.4 Å². The highest BCUT2D eigenvalue weighted by Crippen LogP contribution is 2.06. The van der Waals surface area contributed by atoms with E-state index >= 15 is 0 Å². The van der Waals surface area contributed by atoms with E-state index in [1.165, 1.54) is 6.08 Å². The average molecular weight is 239 g/mol. The van der Waals surface area contributed by atoms with Crippen molar-refractivity contribution in [2.24, 2.45) is 4.99 Å². The van der Waals surface area contributed by atoms with Crippen LogP contribution in [0.15, 0.2) is 30.3 Å². The van der Waals surface area contributed by atoms with Crippen molar-refractivity contribution < 1.29 is 23.9 Å². The van der Waals surface area contributed by atoms with Gasteiger partial charge in [0.25, 0.3) is 0 Å². The molecule has 6 nitrogen and oxygen atoms in total. The maximum absolute atomic E-state index is 10.9. The number of isocyanates is 1. The minimum absolute atomic E-state index is 0.220. The fourth-order valence-corrected chi connectivity index (χ4v) is 0.880. The van der Waals surface area contributed by atoms with Gasteiger partial charge in [-0.2, -0.15) is 0 Å². The highest BCUT2D eigenvalue weighted by Gasteiger charge is 2.15. The molecule has 0 aliphatic heterocycles. The van der Waals surface area contributed by atoms with Crippen molar-refractivity contribution in [2.75, 3.05) is 6.54 Å². The molecular formula is C11H13NO5. The summed E-state index contributed by atoms with van der Waals surface area (Å²) >= 11 is 0. The molecule has 0 aromatic rings. The second-order valence-corrected chi connectivity index (χ2v) is 2.83. The summed E-state index contributed by atoms with van der Waals surface area (Å²) in [5, 5.41) is 0. The second kappa shape index (κ2) is 9.06. The summed E-state index contributed by atoms with van der Waals surface area (Å²) < 4.78 is 9.53. The van der Waals surface area contributed by atoms with E-state index in [1.54, 1.807) is 0 Å². The molecule has 0 fully saturated rings. The maximum atomic E-state index is 10.9. The zero-order valence-electron chi connectivity index (χ0n) is 9.26. The highest BCUT2D eigenvalue weighted by atomic mass is 16.7. The summed E-state index contributed by atoms with van der Waals surface area (Å²) in [5.74, 6) is -1.41. The molecule has 0 amide bonds. The van der Waals surface area contributed by atoms with Crippen LogP contribution in [0.1, 0.15) is 12.8 Å². The molecule has 0 N–H and O–H groups in total. The van der Waals surface area contributed by atoms with Gasteiger partial charge in [0, 0.05) is 18.6 Å². The Morgan fingerprint density at radius 2 is 1.76 bits per heavy atom. The number of hydrogen-bond acceptors (Lipinski definition) is 6. The van der Waals surface area contributed by atoms with E-state index in [-0.39, 0.29) is 13.0 Å². The molecule has 0 unspecified atom stereocenters. The number of ether oxygens (including phenoxy) is 2. The molecule has 0 saturated carbocycles. The normalized spacial score (nSPS) is 9.00. The Kier molecular flexibility index (Phi) is 7.88. The molecule has 0 spiro atoms. The molecular weight excluding hydrogens is 226 g/mol. The van der Waals surface area contributed by atoms with E-state index in [0.29, 0.717) is 6.42 Å². The summed E-state index contributed by atoms with van der Waals surface area (Å²) in [4.78, 5) is 35.0. The Morgan fingerprint density at radius 1 is 1.24 bits per heavy atom. The van der Waals surface area contributed by atoms with E-state index in [9.17, 15) is 14.4 Å². The number of carbonyl (C=O) groups excluding carboxylic acids is 3. The first-order valence-corrected chi connectivity index (χ1v) is 4.83. The van der Waals surface area contributed by atoms with Crippen molar-refractivity contribution >= 4 is 18.0 Å². The molecule has 0 atom stereocenters. The minimum atomic E-state index is -1.03. The van der Waals surface area contributed by atoms with Gasteiger partial charge in [0.05, 0.1) is 6.54 Å². The van der Waals surface area contributed by atoms with E-state index in [0.717, 1.165) is 12.2 Å². The molecule has 0 radical (unpaired) electrons. The average Bonchev–Trinajstić information content (AvgIpc) is 2.33. The first kappa shape index (κ1) is 14.8. The van der Waals surface area contributed by atoms with Gasteiger partial charge < -0.3 is 9.47 Å². The number of esters is 2. The summed E-state index contributed by atoms with van der Waals surface area (Å²) in [6, 6.07) is 0. The summed E-state index contributed by atoms with van der Waals surface area (Å²) in [6.45, 7) is 6.65. The third-order valence-corrected chi connectivity index (χ3v) is 1.60.